The van der Waals surface area contributed by atoms with Gasteiger partial charge in [-0.15, -0.1) is 0 Å². The highest BCUT2D eigenvalue weighted by Gasteiger charge is 2.08. The molecule has 5 nitrogen and oxygen atoms in total. The van der Waals surface area contributed by atoms with Crippen molar-refractivity contribution in [2.45, 2.75) is 13.8 Å². The Morgan fingerprint density at radius 2 is 1.88 bits per heavy atom. The van der Waals surface area contributed by atoms with E-state index in [0.29, 0.717) is 6.01 Å². The molecule has 0 amide bonds. The van der Waals surface area contributed by atoms with Gasteiger partial charge in [-0.25, -0.2) is 4.98 Å². The maximum atomic E-state index is 5.57. The average Bonchev–Trinajstić information content (AvgIpc) is 3.30. The molecule has 2 heterocycles. The summed E-state index contributed by atoms with van der Waals surface area (Å²) in [6.07, 6.45) is 7.11. The van der Waals surface area contributed by atoms with Crippen LogP contribution in [0, 0.1) is 13.8 Å². The molecule has 25 heavy (non-hydrogen) atoms. The van der Waals surface area contributed by atoms with Crippen molar-refractivity contribution >= 4 is 11.7 Å². The smallest absolute Gasteiger partial charge is 0.299 e. The standard InChI is InChI=1S/C20H18N4O/c1-14-3-8-18(15(2)11-14)22-20-23-19(12-25-20)16-4-6-17(7-5-16)24-10-9-21-13-24/h3-13H,1-2H3,(H,22,23). The number of aromatic nitrogens is 3. The lowest BCUT2D eigenvalue weighted by atomic mass is 10.1. The number of rotatable bonds is 4. The minimum atomic E-state index is 0.487. The zero-order valence-electron chi connectivity index (χ0n) is 14.1. The van der Waals surface area contributed by atoms with E-state index in [1.54, 1.807) is 18.8 Å². The molecule has 0 aliphatic rings. The zero-order chi connectivity index (χ0) is 17.2. The minimum absolute atomic E-state index is 0.487. The van der Waals surface area contributed by atoms with Crippen molar-refractivity contribution in [3.8, 4) is 16.9 Å². The number of aryl methyl sites for hydroxylation is 2. The summed E-state index contributed by atoms with van der Waals surface area (Å²) < 4.78 is 7.53. The van der Waals surface area contributed by atoms with Crippen molar-refractivity contribution < 1.29 is 4.42 Å². The molecule has 4 rings (SSSR count). The molecule has 0 bridgehead atoms. The van der Waals surface area contributed by atoms with Gasteiger partial charge in [0.25, 0.3) is 6.01 Å². The molecular formula is C20H18N4O. The number of nitrogens with one attached hydrogen (secondary N) is 1. The Balaban J connectivity index is 1.54. The van der Waals surface area contributed by atoms with Crippen LogP contribution in [0.4, 0.5) is 11.7 Å². The van der Waals surface area contributed by atoms with E-state index in [0.717, 1.165) is 28.2 Å². The number of imidazole rings is 1. The maximum absolute atomic E-state index is 5.57. The topological polar surface area (TPSA) is 55.9 Å². The highest BCUT2D eigenvalue weighted by Crippen LogP contribution is 2.25. The van der Waals surface area contributed by atoms with Crippen molar-refractivity contribution in [1.29, 1.82) is 0 Å². The molecule has 124 valence electrons. The van der Waals surface area contributed by atoms with Gasteiger partial charge in [0.1, 0.15) is 12.0 Å². The number of benzene rings is 2. The fourth-order valence-corrected chi connectivity index (χ4v) is 2.75. The van der Waals surface area contributed by atoms with Gasteiger partial charge in [0.05, 0.1) is 6.33 Å². The molecule has 5 heteroatoms. The van der Waals surface area contributed by atoms with Crippen molar-refractivity contribution in [3.05, 3.63) is 78.6 Å². The maximum Gasteiger partial charge on any atom is 0.299 e. The van der Waals surface area contributed by atoms with Crippen molar-refractivity contribution in [1.82, 2.24) is 14.5 Å². The van der Waals surface area contributed by atoms with Crippen LogP contribution in [0.1, 0.15) is 11.1 Å². The van der Waals surface area contributed by atoms with Gasteiger partial charge in [-0.1, -0.05) is 29.8 Å². The lowest BCUT2D eigenvalue weighted by Crippen LogP contribution is -1.94. The Morgan fingerprint density at radius 1 is 1.04 bits per heavy atom. The van der Waals surface area contributed by atoms with Gasteiger partial charge >= 0.3 is 0 Å². The van der Waals surface area contributed by atoms with Crippen LogP contribution in [-0.2, 0) is 0 Å². The van der Waals surface area contributed by atoms with Crippen LogP contribution in [0.3, 0.4) is 0 Å². The molecule has 0 spiro atoms. The van der Waals surface area contributed by atoms with Gasteiger partial charge in [0.15, 0.2) is 0 Å². The van der Waals surface area contributed by atoms with Crippen LogP contribution < -0.4 is 5.32 Å². The summed E-state index contributed by atoms with van der Waals surface area (Å²) in [6.45, 7) is 4.14. The van der Waals surface area contributed by atoms with E-state index < -0.39 is 0 Å². The molecule has 0 atom stereocenters. The first-order valence-electron chi connectivity index (χ1n) is 8.07. The first-order valence-corrected chi connectivity index (χ1v) is 8.07. The summed E-state index contributed by atoms with van der Waals surface area (Å²) in [6, 6.07) is 14.8. The van der Waals surface area contributed by atoms with Crippen LogP contribution in [0.2, 0.25) is 0 Å². The molecule has 0 saturated heterocycles. The first kappa shape index (κ1) is 15.2. The van der Waals surface area contributed by atoms with Gasteiger partial charge in [-0.3, -0.25) is 0 Å². The third-order valence-corrected chi connectivity index (χ3v) is 4.09. The molecule has 0 fully saturated rings. The van der Waals surface area contributed by atoms with Crippen LogP contribution >= 0.6 is 0 Å². The summed E-state index contributed by atoms with van der Waals surface area (Å²) >= 11 is 0. The number of hydrogen-bond donors (Lipinski definition) is 1. The lowest BCUT2D eigenvalue weighted by molar-refractivity contribution is 0.578. The zero-order valence-corrected chi connectivity index (χ0v) is 14.1. The van der Waals surface area contributed by atoms with Crippen molar-refractivity contribution in [3.63, 3.8) is 0 Å². The van der Waals surface area contributed by atoms with E-state index in [2.05, 4.69) is 41.3 Å². The minimum Gasteiger partial charge on any atom is -0.431 e. The SMILES string of the molecule is Cc1ccc(Nc2nc(-c3ccc(-n4ccnc4)cc3)co2)c(C)c1. The second kappa shape index (κ2) is 6.28. The fraction of sp³-hybridized carbons (Fsp3) is 0.100. The molecule has 0 unspecified atom stereocenters. The van der Waals surface area contributed by atoms with E-state index in [9.17, 15) is 0 Å². The number of oxazole rings is 1. The summed E-state index contributed by atoms with van der Waals surface area (Å²) in [4.78, 5) is 8.60. The predicted octanol–water partition coefficient (Wildman–Crippen LogP) is 4.89. The second-order valence-electron chi connectivity index (χ2n) is 6.00. The number of anilines is 2. The Bertz CT molecular complexity index is 985. The Labute approximate surface area is 146 Å². The van der Waals surface area contributed by atoms with E-state index in [4.69, 9.17) is 4.42 Å². The third-order valence-electron chi connectivity index (χ3n) is 4.09. The molecule has 2 aromatic heterocycles. The fourth-order valence-electron chi connectivity index (χ4n) is 2.75. The van der Waals surface area contributed by atoms with E-state index >= 15 is 0 Å². The molecular weight excluding hydrogens is 312 g/mol. The second-order valence-corrected chi connectivity index (χ2v) is 6.00. The Morgan fingerprint density at radius 3 is 2.60 bits per heavy atom. The summed E-state index contributed by atoms with van der Waals surface area (Å²) in [7, 11) is 0. The van der Waals surface area contributed by atoms with Crippen LogP contribution in [0.5, 0.6) is 0 Å². The highest BCUT2D eigenvalue weighted by molar-refractivity contribution is 5.64. The molecule has 4 aromatic rings. The van der Waals surface area contributed by atoms with E-state index in [-0.39, 0.29) is 0 Å². The van der Waals surface area contributed by atoms with Crippen LogP contribution in [0.25, 0.3) is 16.9 Å². The first-order chi connectivity index (χ1) is 12.2. The van der Waals surface area contributed by atoms with Crippen molar-refractivity contribution in [2.75, 3.05) is 5.32 Å². The van der Waals surface area contributed by atoms with Crippen molar-refractivity contribution in [2.24, 2.45) is 0 Å². The molecule has 0 aliphatic carbocycles. The van der Waals surface area contributed by atoms with Gasteiger partial charge in [-0.2, -0.15) is 4.98 Å². The largest absolute Gasteiger partial charge is 0.431 e. The van der Waals surface area contributed by atoms with Gasteiger partial charge < -0.3 is 14.3 Å². The Hall–Kier alpha value is -3.34. The van der Waals surface area contributed by atoms with Gasteiger partial charge in [0, 0.05) is 29.3 Å². The van der Waals surface area contributed by atoms with Crippen LogP contribution in [0.15, 0.2) is 71.9 Å². The molecule has 1 N–H and O–H groups in total. The highest BCUT2D eigenvalue weighted by atomic mass is 16.4. The summed E-state index contributed by atoms with van der Waals surface area (Å²) in [5, 5.41) is 3.23. The Kier molecular flexibility index (Phi) is 3.82. The van der Waals surface area contributed by atoms with Gasteiger partial charge in [0.2, 0.25) is 0 Å². The number of hydrogen-bond acceptors (Lipinski definition) is 4. The monoisotopic (exact) mass is 330 g/mol. The third kappa shape index (κ3) is 3.17. The molecule has 0 aliphatic heterocycles. The van der Waals surface area contributed by atoms with Crippen LogP contribution in [-0.4, -0.2) is 14.5 Å². The number of nitrogens with zero attached hydrogens (tertiary/aromatic N) is 3. The molecule has 0 radical (unpaired) electrons. The van der Waals surface area contributed by atoms with E-state index in [1.807, 2.05) is 41.1 Å². The predicted molar refractivity (Wildman–Crippen MR) is 98.3 cm³/mol. The van der Waals surface area contributed by atoms with E-state index in [1.165, 1.54) is 5.56 Å². The average molecular weight is 330 g/mol. The molecule has 0 saturated carbocycles. The quantitative estimate of drug-likeness (QED) is 0.579. The summed E-state index contributed by atoms with van der Waals surface area (Å²) in [5.74, 6) is 0. The van der Waals surface area contributed by atoms with Gasteiger partial charge in [-0.05, 0) is 37.6 Å². The normalized spacial score (nSPS) is 10.8. The summed E-state index contributed by atoms with van der Waals surface area (Å²) in [5.41, 5.74) is 6.23. The lowest BCUT2D eigenvalue weighted by Gasteiger charge is -2.06. The molecule has 2 aromatic carbocycles.